The molecule has 102 valence electrons. The van der Waals surface area contributed by atoms with Crippen molar-refractivity contribution >= 4 is 5.91 Å². The fraction of sp³-hybridized carbons (Fsp3) is 0.467. The van der Waals surface area contributed by atoms with E-state index in [4.69, 9.17) is 11.0 Å². The molecule has 0 saturated heterocycles. The number of hydrogen-bond donors (Lipinski definition) is 2. The quantitative estimate of drug-likeness (QED) is 0.867. The van der Waals surface area contributed by atoms with E-state index < -0.39 is 0 Å². The Morgan fingerprint density at radius 3 is 2.42 bits per heavy atom. The summed E-state index contributed by atoms with van der Waals surface area (Å²) in [7, 11) is 0. The average Bonchev–Trinajstić information content (AvgIpc) is 2.35. The molecule has 0 aliphatic heterocycles. The molecule has 0 aromatic heterocycles. The van der Waals surface area contributed by atoms with Crippen LogP contribution in [-0.4, -0.2) is 11.9 Å². The van der Waals surface area contributed by atoms with Crippen LogP contribution in [0.1, 0.15) is 38.3 Å². The van der Waals surface area contributed by atoms with Crippen molar-refractivity contribution in [3.63, 3.8) is 0 Å². The van der Waals surface area contributed by atoms with Crippen molar-refractivity contribution in [3.05, 3.63) is 35.4 Å². The first-order chi connectivity index (χ1) is 8.82. The second kappa shape index (κ2) is 6.35. The lowest BCUT2D eigenvalue weighted by Gasteiger charge is -2.26. The SMILES string of the molecule is CC(C)(C)C(N)CC(=O)NCc1ccc(C#N)cc1. The molecule has 1 unspecified atom stereocenters. The molecule has 4 heteroatoms. The Balaban J connectivity index is 2.44. The molecule has 4 nitrogen and oxygen atoms in total. The van der Waals surface area contributed by atoms with Gasteiger partial charge in [-0.05, 0) is 23.1 Å². The molecule has 0 aliphatic rings. The van der Waals surface area contributed by atoms with Gasteiger partial charge in [0.2, 0.25) is 5.91 Å². The van der Waals surface area contributed by atoms with Gasteiger partial charge in [-0.15, -0.1) is 0 Å². The first kappa shape index (κ1) is 15.2. The molecular weight excluding hydrogens is 238 g/mol. The molecule has 3 N–H and O–H groups in total. The summed E-state index contributed by atoms with van der Waals surface area (Å²) in [6.07, 6.45) is 0.319. The van der Waals surface area contributed by atoms with E-state index in [1.165, 1.54) is 0 Å². The lowest BCUT2D eigenvalue weighted by atomic mass is 9.85. The molecule has 0 heterocycles. The predicted molar refractivity (Wildman–Crippen MR) is 75.1 cm³/mol. The van der Waals surface area contributed by atoms with Gasteiger partial charge < -0.3 is 11.1 Å². The molecule has 19 heavy (non-hydrogen) atoms. The van der Waals surface area contributed by atoms with E-state index in [2.05, 4.69) is 11.4 Å². The summed E-state index contributed by atoms with van der Waals surface area (Å²) >= 11 is 0. The van der Waals surface area contributed by atoms with Crippen LogP contribution in [0.2, 0.25) is 0 Å². The number of carbonyl (C=O) groups excluding carboxylic acids is 1. The van der Waals surface area contributed by atoms with Crippen molar-refractivity contribution in [3.8, 4) is 6.07 Å². The maximum Gasteiger partial charge on any atom is 0.221 e. The molecule has 0 spiro atoms. The monoisotopic (exact) mass is 259 g/mol. The number of nitrogens with zero attached hydrogens (tertiary/aromatic N) is 1. The molecule has 0 saturated carbocycles. The van der Waals surface area contributed by atoms with Gasteiger partial charge in [0, 0.05) is 19.0 Å². The van der Waals surface area contributed by atoms with Crippen molar-refractivity contribution in [2.75, 3.05) is 0 Å². The van der Waals surface area contributed by atoms with Crippen molar-refractivity contribution < 1.29 is 4.79 Å². The molecule has 0 aliphatic carbocycles. The first-order valence-corrected chi connectivity index (χ1v) is 6.34. The Morgan fingerprint density at radius 1 is 1.37 bits per heavy atom. The summed E-state index contributed by atoms with van der Waals surface area (Å²) in [6.45, 7) is 6.52. The zero-order valence-electron chi connectivity index (χ0n) is 11.7. The van der Waals surface area contributed by atoms with Gasteiger partial charge in [0.05, 0.1) is 11.6 Å². The third-order valence-electron chi connectivity index (χ3n) is 3.09. The van der Waals surface area contributed by atoms with E-state index in [-0.39, 0.29) is 17.4 Å². The molecule has 1 aromatic carbocycles. The van der Waals surface area contributed by atoms with Gasteiger partial charge in [0.25, 0.3) is 0 Å². The van der Waals surface area contributed by atoms with Gasteiger partial charge in [-0.1, -0.05) is 32.9 Å². The number of rotatable bonds is 4. The van der Waals surface area contributed by atoms with Gasteiger partial charge >= 0.3 is 0 Å². The number of carbonyl (C=O) groups is 1. The highest BCUT2D eigenvalue weighted by Crippen LogP contribution is 2.19. The van der Waals surface area contributed by atoms with Crippen LogP contribution < -0.4 is 11.1 Å². The molecule has 1 aromatic rings. The van der Waals surface area contributed by atoms with Gasteiger partial charge in [-0.2, -0.15) is 5.26 Å². The van der Waals surface area contributed by atoms with E-state index in [0.717, 1.165) is 5.56 Å². The lowest BCUT2D eigenvalue weighted by molar-refractivity contribution is -0.122. The zero-order valence-corrected chi connectivity index (χ0v) is 11.7. The van der Waals surface area contributed by atoms with Crippen LogP contribution in [0.15, 0.2) is 24.3 Å². The van der Waals surface area contributed by atoms with Crippen molar-refractivity contribution in [2.24, 2.45) is 11.1 Å². The predicted octanol–water partition coefficient (Wildman–Crippen LogP) is 1.94. The van der Waals surface area contributed by atoms with Gasteiger partial charge in [0.1, 0.15) is 0 Å². The van der Waals surface area contributed by atoms with Gasteiger partial charge in [-0.25, -0.2) is 0 Å². The Bertz CT molecular complexity index is 466. The molecule has 0 bridgehead atoms. The van der Waals surface area contributed by atoms with E-state index in [9.17, 15) is 4.79 Å². The molecule has 1 rings (SSSR count). The number of amides is 1. The van der Waals surface area contributed by atoms with Crippen LogP contribution >= 0.6 is 0 Å². The smallest absolute Gasteiger partial charge is 0.221 e. The summed E-state index contributed by atoms with van der Waals surface area (Å²) in [5.41, 5.74) is 7.47. The topological polar surface area (TPSA) is 78.9 Å². The molecule has 0 fully saturated rings. The number of nitrogens with two attached hydrogens (primary N) is 1. The summed E-state index contributed by atoms with van der Waals surface area (Å²) in [5.74, 6) is -0.0493. The van der Waals surface area contributed by atoms with Crippen LogP contribution in [0.4, 0.5) is 0 Å². The second-order valence-corrected chi connectivity index (χ2v) is 5.76. The maximum atomic E-state index is 11.8. The standard InChI is InChI=1S/C15H21N3O/c1-15(2,3)13(17)8-14(19)18-10-12-6-4-11(9-16)5-7-12/h4-7,13H,8,10,17H2,1-3H3,(H,18,19). The van der Waals surface area contributed by atoms with E-state index in [1.54, 1.807) is 12.1 Å². The van der Waals surface area contributed by atoms with Crippen LogP contribution in [0.25, 0.3) is 0 Å². The minimum atomic E-state index is -0.159. The van der Waals surface area contributed by atoms with Crippen LogP contribution in [0.3, 0.4) is 0 Å². The highest BCUT2D eigenvalue weighted by atomic mass is 16.1. The van der Waals surface area contributed by atoms with Gasteiger partial charge in [0.15, 0.2) is 0 Å². The normalized spacial score (nSPS) is 12.6. The average molecular weight is 259 g/mol. The second-order valence-electron chi connectivity index (χ2n) is 5.76. The summed E-state index contributed by atoms with van der Waals surface area (Å²) in [5, 5.41) is 11.5. The van der Waals surface area contributed by atoms with Crippen LogP contribution in [0, 0.1) is 16.7 Å². The third kappa shape index (κ3) is 5.11. The Hall–Kier alpha value is -1.86. The minimum absolute atomic E-state index is 0.0493. The van der Waals surface area contributed by atoms with E-state index in [0.29, 0.717) is 18.5 Å². The zero-order chi connectivity index (χ0) is 14.5. The van der Waals surface area contributed by atoms with Crippen LogP contribution in [0.5, 0.6) is 0 Å². The fourth-order valence-corrected chi connectivity index (χ4v) is 1.48. The molecule has 0 radical (unpaired) electrons. The highest BCUT2D eigenvalue weighted by Gasteiger charge is 2.22. The van der Waals surface area contributed by atoms with Gasteiger partial charge in [-0.3, -0.25) is 4.79 Å². The largest absolute Gasteiger partial charge is 0.352 e. The lowest BCUT2D eigenvalue weighted by Crippen LogP contribution is -2.40. The summed E-state index contributed by atoms with van der Waals surface area (Å²) < 4.78 is 0. The van der Waals surface area contributed by atoms with Crippen molar-refractivity contribution in [2.45, 2.75) is 39.8 Å². The molecular formula is C15H21N3O. The van der Waals surface area contributed by atoms with E-state index in [1.807, 2.05) is 32.9 Å². The van der Waals surface area contributed by atoms with E-state index >= 15 is 0 Å². The summed E-state index contributed by atoms with van der Waals surface area (Å²) in [6, 6.07) is 9.05. The first-order valence-electron chi connectivity index (χ1n) is 6.34. The Kier molecular flexibility index (Phi) is 5.08. The fourth-order valence-electron chi connectivity index (χ4n) is 1.48. The van der Waals surface area contributed by atoms with Crippen LogP contribution in [-0.2, 0) is 11.3 Å². The minimum Gasteiger partial charge on any atom is -0.352 e. The maximum absolute atomic E-state index is 11.8. The van der Waals surface area contributed by atoms with Crippen molar-refractivity contribution in [1.29, 1.82) is 5.26 Å². The molecule has 1 amide bonds. The number of hydrogen-bond acceptors (Lipinski definition) is 3. The molecule has 1 atom stereocenters. The summed E-state index contributed by atoms with van der Waals surface area (Å²) in [4.78, 5) is 11.8. The Labute approximate surface area is 114 Å². The number of nitriles is 1. The number of nitrogens with one attached hydrogen (secondary N) is 1. The van der Waals surface area contributed by atoms with Crippen molar-refractivity contribution in [1.82, 2.24) is 5.32 Å². The number of benzene rings is 1. The Morgan fingerprint density at radius 2 is 1.95 bits per heavy atom. The third-order valence-corrected chi connectivity index (χ3v) is 3.09. The highest BCUT2D eigenvalue weighted by molar-refractivity contribution is 5.76.